The zero-order chi connectivity index (χ0) is 17.2. The van der Waals surface area contributed by atoms with Crippen molar-refractivity contribution in [3.8, 4) is 11.5 Å². The number of amides is 2. The van der Waals surface area contributed by atoms with Gasteiger partial charge in [-0.15, -0.1) is 0 Å². The van der Waals surface area contributed by atoms with Gasteiger partial charge in [-0.25, -0.2) is 0 Å². The van der Waals surface area contributed by atoms with Gasteiger partial charge in [0.05, 0.1) is 7.11 Å². The number of carbonyl (C=O) groups excluding carboxylic acids is 2. The maximum absolute atomic E-state index is 11.6. The lowest BCUT2D eigenvalue weighted by Crippen LogP contribution is -2.25. The molecule has 23 heavy (non-hydrogen) atoms. The quantitative estimate of drug-likeness (QED) is 0.539. The van der Waals surface area contributed by atoms with E-state index in [9.17, 15) is 14.7 Å². The van der Waals surface area contributed by atoms with Crippen LogP contribution < -0.4 is 16.2 Å². The largest absolute Gasteiger partial charge is 0.504 e. The van der Waals surface area contributed by atoms with Gasteiger partial charge in [0.25, 0.3) is 0 Å². The van der Waals surface area contributed by atoms with E-state index >= 15 is 0 Å². The number of carbonyl (C=O) groups is 2. The average molecular weight is 322 g/mol. The zero-order valence-electron chi connectivity index (χ0n) is 13.6. The molecule has 1 unspecified atom stereocenters. The van der Waals surface area contributed by atoms with Crippen LogP contribution in [0.2, 0.25) is 0 Å². The van der Waals surface area contributed by atoms with E-state index in [0.717, 1.165) is 31.2 Å². The van der Waals surface area contributed by atoms with Gasteiger partial charge in [0.2, 0.25) is 11.8 Å². The molecule has 1 atom stereocenters. The molecule has 0 radical (unpaired) electrons. The molecule has 0 aliphatic rings. The second-order valence-corrected chi connectivity index (χ2v) is 5.73. The fourth-order valence-corrected chi connectivity index (χ4v) is 2.52. The van der Waals surface area contributed by atoms with E-state index in [1.165, 1.54) is 7.11 Å². The Morgan fingerprint density at radius 1 is 1.17 bits per heavy atom. The number of hydrogen-bond acceptors (Lipinski definition) is 4. The van der Waals surface area contributed by atoms with Crippen LogP contribution in [0.5, 0.6) is 11.5 Å². The lowest BCUT2D eigenvalue weighted by Gasteiger charge is -2.14. The normalized spacial score (nSPS) is 11.9. The molecule has 0 bridgehead atoms. The summed E-state index contributed by atoms with van der Waals surface area (Å²) in [4.78, 5) is 22.3. The second kappa shape index (κ2) is 9.71. The standard InChI is InChI=1S/C17H26N2O4/c1-23-15-11-12(8-9-14(15)20)10-13(17(19)22)6-4-2-3-5-7-16(18)21/h8-9,11,13,20H,2-7,10H2,1H3,(H2,18,21)(H2,19,22). The van der Waals surface area contributed by atoms with Crippen molar-refractivity contribution in [2.24, 2.45) is 17.4 Å². The van der Waals surface area contributed by atoms with Crippen LogP contribution in [-0.4, -0.2) is 24.0 Å². The summed E-state index contributed by atoms with van der Waals surface area (Å²) in [6, 6.07) is 5.04. The van der Waals surface area contributed by atoms with Gasteiger partial charge in [0.15, 0.2) is 11.5 Å². The Morgan fingerprint density at radius 2 is 1.87 bits per heavy atom. The molecular weight excluding hydrogens is 296 g/mol. The zero-order valence-corrected chi connectivity index (χ0v) is 13.6. The third-order valence-corrected chi connectivity index (χ3v) is 3.85. The van der Waals surface area contributed by atoms with E-state index in [4.69, 9.17) is 16.2 Å². The minimum atomic E-state index is -0.325. The van der Waals surface area contributed by atoms with E-state index in [1.54, 1.807) is 18.2 Å². The molecule has 0 heterocycles. The number of benzene rings is 1. The first-order valence-corrected chi connectivity index (χ1v) is 7.87. The van der Waals surface area contributed by atoms with Crippen LogP contribution in [0.4, 0.5) is 0 Å². The van der Waals surface area contributed by atoms with Crippen LogP contribution in [-0.2, 0) is 16.0 Å². The number of ether oxygens (including phenoxy) is 1. The molecule has 6 heteroatoms. The third-order valence-electron chi connectivity index (χ3n) is 3.85. The monoisotopic (exact) mass is 322 g/mol. The maximum Gasteiger partial charge on any atom is 0.220 e. The fourth-order valence-electron chi connectivity index (χ4n) is 2.52. The summed E-state index contributed by atoms with van der Waals surface area (Å²) in [5.74, 6) is -0.394. The van der Waals surface area contributed by atoms with Crippen LogP contribution in [0.3, 0.4) is 0 Å². The molecule has 1 aromatic rings. The molecule has 0 saturated carbocycles. The van der Waals surface area contributed by atoms with E-state index in [-0.39, 0.29) is 23.5 Å². The Hall–Kier alpha value is -2.24. The van der Waals surface area contributed by atoms with Crippen molar-refractivity contribution < 1.29 is 19.4 Å². The molecule has 6 nitrogen and oxygen atoms in total. The molecule has 128 valence electrons. The van der Waals surface area contributed by atoms with Gasteiger partial charge in [-0.3, -0.25) is 9.59 Å². The number of phenols is 1. The molecule has 0 saturated heterocycles. The number of hydrogen-bond donors (Lipinski definition) is 3. The van der Waals surface area contributed by atoms with Crippen LogP contribution >= 0.6 is 0 Å². The predicted molar refractivity (Wildman–Crippen MR) is 87.9 cm³/mol. The van der Waals surface area contributed by atoms with Gasteiger partial charge in [-0.2, -0.15) is 0 Å². The molecule has 5 N–H and O–H groups in total. The highest BCUT2D eigenvalue weighted by molar-refractivity contribution is 5.77. The van der Waals surface area contributed by atoms with Crippen LogP contribution in [0.15, 0.2) is 18.2 Å². The lowest BCUT2D eigenvalue weighted by molar-refractivity contribution is -0.122. The number of unbranched alkanes of at least 4 members (excludes halogenated alkanes) is 3. The number of nitrogens with two attached hydrogens (primary N) is 2. The van der Waals surface area contributed by atoms with E-state index < -0.39 is 0 Å². The molecule has 0 aromatic heterocycles. The molecule has 0 aliphatic carbocycles. The van der Waals surface area contributed by atoms with E-state index in [0.29, 0.717) is 25.0 Å². The average Bonchev–Trinajstić information content (AvgIpc) is 2.50. The van der Waals surface area contributed by atoms with Gasteiger partial charge in [-0.1, -0.05) is 25.3 Å². The maximum atomic E-state index is 11.6. The van der Waals surface area contributed by atoms with Crippen molar-refractivity contribution in [3.05, 3.63) is 23.8 Å². The van der Waals surface area contributed by atoms with Crippen LogP contribution in [0.1, 0.15) is 44.1 Å². The van der Waals surface area contributed by atoms with E-state index in [2.05, 4.69) is 0 Å². The van der Waals surface area contributed by atoms with Crippen LogP contribution in [0, 0.1) is 5.92 Å². The summed E-state index contributed by atoms with van der Waals surface area (Å²) in [7, 11) is 1.48. The summed E-state index contributed by atoms with van der Waals surface area (Å²) in [5, 5.41) is 9.59. The molecule has 1 rings (SSSR count). The van der Waals surface area contributed by atoms with Gasteiger partial charge >= 0.3 is 0 Å². The Bertz CT molecular complexity index is 531. The number of methoxy groups -OCH3 is 1. The smallest absolute Gasteiger partial charge is 0.220 e. The lowest BCUT2D eigenvalue weighted by atomic mass is 9.92. The Labute approximate surface area is 136 Å². The molecule has 1 aromatic carbocycles. The van der Waals surface area contributed by atoms with E-state index in [1.807, 2.05) is 0 Å². The van der Waals surface area contributed by atoms with Crippen molar-refractivity contribution in [2.45, 2.75) is 44.9 Å². The molecule has 0 fully saturated rings. The Morgan fingerprint density at radius 3 is 2.48 bits per heavy atom. The summed E-state index contributed by atoms with van der Waals surface area (Å²) >= 11 is 0. The summed E-state index contributed by atoms with van der Waals surface area (Å²) in [6.07, 6.45) is 5.15. The third kappa shape index (κ3) is 7.04. The number of aromatic hydroxyl groups is 1. The minimum absolute atomic E-state index is 0.0707. The Kier molecular flexibility index (Phi) is 7.94. The first kappa shape index (κ1) is 18.8. The number of rotatable bonds is 11. The highest BCUT2D eigenvalue weighted by Crippen LogP contribution is 2.28. The fraction of sp³-hybridized carbons (Fsp3) is 0.529. The van der Waals surface area contributed by atoms with Gasteiger partial charge in [0, 0.05) is 12.3 Å². The van der Waals surface area contributed by atoms with Gasteiger partial charge in [-0.05, 0) is 37.0 Å². The van der Waals surface area contributed by atoms with Crippen molar-refractivity contribution in [2.75, 3.05) is 7.11 Å². The molecule has 2 amide bonds. The highest BCUT2D eigenvalue weighted by atomic mass is 16.5. The number of primary amides is 2. The topological polar surface area (TPSA) is 116 Å². The second-order valence-electron chi connectivity index (χ2n) is 5.73. The first-order chi connectivity index (χ1) is 10.9. The molecular formula is C17H26N2O4. The van der Waals surface area contributed by atoms with Gasteiger partial charge < -0.3 is 21.3 Å². The Balaban J connectivity index is 2.46. The van der Waals surface area contributed by atoms with Crippen molar-refractivity contribution >= 4 is 11.8 Å². The van der Waals surface area contributed by atoms with Crippen molar-refractivity contribution in [1.82, 2.24) is 0 Å². The first-order valence-electron chi connectivity index (χ1n) is 7.87. The summed E-state index contributed by atoms with van der Waals surface area (Å²) < 4.78 is 5.07. The predicted octanol–water partition coefficient (Wildman–Crippen LogP) is 1.87. The highest BCUT2D eigenvalue weighted by Gasteiger charge is 2.16. The van der Waals surface area contributed by atoms with Crippen molar-refractivity contribution in [1.29, 1.82) is 0 Å². The van der Waals surface area contributed by atoms with Crippen LogP contribution in [0.25, 0.3) is 0 Å². The van der Waals surface area contributed by atoms with Crippen molar-refractivity contribution in [3.63, 3.8) is 0 Å². The SMILES string of the molecule is COc1cc(CC(CCCCCCC(N)=O)C(N)=O)ccc1O. The van der Waals surface area contributed by atoms with Gasteiger partial charge in [0.1, 0.15) is 0 Å². The summed E-state index contributed by atoms with van der Waals surface area (Å²) in [5.41, 5.74) is 11.5. The number of phenolic OH excluding ortho intramolecular Hbond substituents is 1. The minimum Gasteiger partial charge on any atom is -0.504 e. The molecule has 0 aliphatic heterocycles. The summed E-state index contributed by atoms with van der Waals surface area (Å²) in [6.45, 7) is 0. The molecule has 0 spiro atoms.